The summed E-state index contributed by atoms with van der Waals surface area (Å²) in [5, 5.41) is 25.3. The molecule has 10 nitrogen and oxygen atoms in total. The van der Waals surface area contributed by atoms with Gasteiger partial charge in [-0.1, -0.05) is 0 Å². The molecule has 1 fully saturated rings. The number of rotatable bonds is 6. The first-order valence-corrected chi connectivity index (χ1v) is 9.69. The third-order valence-corrected chi connectivity index (χ3v) is 5.74. The molecule has 0 spiro atoms. The van der Waals surface area contributed by atoms with E-state index in [9.17, 15) is 5.26 Å². The van der Waals surface area contributed by atoms with Crippen LogP contribution in [0.15, 0.2) is 36.9 Å². The van der Waals surface area contributed by atoms with Crippen LogP contribution in [0.2, 0.25) is 0 Å². The minimum atomic E-state index is -0.291. The number of nitrogens with zero attached hydrogens (tertiary/aromatic N) is 7. The number of nitriles is 1. The minimum Gasteiger partial charge on any atom is -0.384 e. The van der Waals surface area contributed by atoms with Gasteiger partial charge in [0.1, 0.15) is 17.2 Å². The second-order valence-electron chi connectivity index (χ2n) is 7.81. The van der Waals surface area contributed by atoms with E-state index in [2.05, 4.69) is 26.5 Å². The van der Waals surface area contributed by atoms with Crippen LogP contribution in [-0.2, 0) is 10.3 Å². The van der Waals surface area contributed by atoms with Crippen LogP contribution in [-0.4, -0.2) is 48.3 Å². The van der Waals surface area contributed by atoms with E-state index in [1.54, 1.807) is 30.1 Å². The number of aromatic amines is 1. The van der Waals surface area contributed by atoms with Gasteiger partial charge in [-0.15, -0.1) is 0 Å². The Morgan fingerprint density at radius 3 is 2.93 bits per heavy atom. The Labute approximate surface area is 172 Å². The maximum atomic E-state index is 9.38. The summed E-state index contributed by atoms with van der Waals surface area (Å²) in [6.07, 6.45) is 9.47. The lowest BCUT2D eigenvalue weighted by atomic mass is 9.67. The standard InChI is InChI=1S/C20H21N9O/c1-30-12-13-7-20(8-13,3-4-21)29-10-14(9-24-29)19-17-2-5-23-28(17)11-16(25-19)15-6-18(22)27-26-15/h2,5-6,9-11,13H,3,7-8,12H2,1H3,(H3,22,26,27)/t13-,20-. The second kappa shape index (κ2) is 6.96. The third-order valence-electron chi connectivity index (χ3n) is 5.74. The lowest BCUT2D eigenvalue weighted by Crippen LogP contribution is -2.47. The van der Waals surface area contributed by atoms with Gasteiger partial charge in [-0.05, 0) is 24.8 Å². The Bertz CT molecular complexity index is 1240. The van der Waals surface area contributed by atoms with Gasteiger partial charge < -0.3 is 10.5 Å². The van der Waals surface area contributed by atoms with Crippen LogP contribution in [0.5, 0.6) is 0 Å². The van der Waals surface area contributed by atoms with Crippen molar-refractivity contribution in [2.45, 2.75) is 24.8 Å². The molecule has 0 amide bonds. The van der Waals surface area contributed by atoms with E-state index in [4.69, 9.17) is 15.5 Å². The molecule has 4 aromatic rings. The molecule has 1 aliphatic carbocycles. The molecule has 1 aliphatic rings. The predicted octanol–water partition coefficient (Wildman–Crippen LogP) is 2.23. The number of fused-ring (bicyclic) bond motifs is 1. The molecular weight excluding hydrogens is 382 g/mol. The van der Waals surface area contributed by atoms with Crippen LogP contribution in [0.1, 0.15) is 19.3 Å². The van der Waals surface area contributed by atoms with Gasteiger partial charge in [0.2, 0.25) is 0 Å². The van der Waals surface area contributed by atoms with Crippen LogP contribution in [0.3, 0.4) is 0 Å². The molecule has 1 saturated carbocycles. The summed E-state index contributed by atoms with van der Waals surface area (Å²) < 4.78 is 8.96. The molecule has 152 valence electrons. The van der Waals surface area contributed by atoms with Gasteiger partial charge in [0.25, 0.3) is 0 Å². The fourth-order valence-electron chi connectivity index (χ4n) is 4.36. The zero-order valence-corrected chi connectivity index (χ0v) is 16.5. The van der Waals surface area contributed by atoms with Crippen molar-refractivity contribution < 1.29 is 4.74 Å². The number of aromatic nitrogens is 7. The highest BCUT2D eigenvalue weighted by Crippen LogP contribution is 2.46. The molecule has 4 aromatic heterocycles. The lowest BCUT2D eigenvalue weighted by molar-refractivity contribution is 0.00561. The summed E-state index contributed by atoms with van der Waals surface area (Å²) in [5.41, 5.74) is 9.24. The van der Waals surface area contributed by atoms with Gasteiger partial charge in [0.05, 0.1) is 47.8 Å². The second-order valence-corrected chi connectivity index (χ2v) is 7.81. The summed E-state index contributed by atoms with van der Waals surface area (Å²) in [4.78, 5) is 4.82. The summed E-state index contributed by atoms with van der Waals surface area (Å²) >= 11 is 0. The summed E-state index contributed by atoms with van der Waals surface area (Å²) in [6, 6.07) is 5.97. The SMILES string of the molecule is COC[C@H]1C[C@](CC#N)(n2cc(-c3nc(-c4cc(N)[nH]n4)cn4nccc34)cn2)C1. The molecule has 0 aliphatic heterocycles. The summed E-state index contributed by atoms with van der Waals surface area (Å²) in [5.74, 6) is 0.917. The van der Waals surface area contributed by atoms with Crippen LogP contribution in [0, 0.1) is 17.2 Å². The van der Waals surface area contributed by atoms with Gasteiger partial charge in [0, 0.05) is 31.5 Å². The van der Waals surface area contributed by atoms with Crippen molar-refractivity contribution >= 4 is 11.3 Å². The number of nitrogen functional groups attached to an aromatic ring is 1. The highest BCUT2D eigenvalue weighted by molar-refractivity contribution is 5.78. The van der Waals surface area contributed by atoms with Gasteiger partial charge in [0.15, 0.2) is 0 Å². The predicted molar refractivity (Wildman–Crippen MR) is 109 cm³/mol. The summed E-state index contributed by atoms with van der Waals surface area (Å²) in [6.45, 7) is 0.703. The molecule has 0 atom stereocenters. The summed E-state index contributed by atoms with van der Waals surface area (Å²) in [7, 11) is 1.71. The Balaban J connectivity index is 1.55. The number of H-pyrrole nitrogens is 1. The van der Waals surface area contributed by atoms with Crippen molar-refractivity contribution in [1.82, 2.24) is 34.6 Å². The number of nitrogens with one attached hydrogen (secondary N) is 1. The molecule has 0 bridgehead atoms. The quantitative estimate of drug-likeness (QED) is 0.504. The first kappa shape index (κ1) is 18.3. The third kappa shape index (κ3) is 2.91. The van der Waals surface area contributed by atoms with Gasteiger partial charge >= 0.3 is 0 Å². The van der Waals surface area contributed by atoms with E-state index >= 15 is 0 Å². The van der Waals surface area contributed by atoms with E-state index in [1.165, 1.54) is 0 Å². The largest absolute Gasteiger partial charge is 0.384 e. The van der Waals surface area contributed by atoms with E-state index < -0.39 is 0 Å². The van der Waals surface area contributed by atoms with Crippen molar-refractivity contribution in [3.8, 4) is 28.7 Å². The topological polar surface area (TPSA) is 136 Å². The van der Waals surface area contributed by atoms with Gasteiger partial charge in [-0.25, -0.2) is 9.50 Å². The van der Waals surface area contributed by atoms with E-state index in [0.717, 1.165) is 29.6 Å². The smallest absolute Gasteiger partial charge is 0.119 e. The van der Waals surface area contributed by atoms with Crippen molar-refractivity contribution in [2.24, 2.45) is 5.92 Å². The highest BCUT2D eigenvalue weighted by Gasteiger charge is 2.46. The number of hydrogen-bond donors (Lipinski definition) is 2. The normalized spacial score (nSPS) is 20.9. The van der Waals surface area contributed by atoms with E-state index in [0.29, 0.717) is 36.2 Å². The Morgan fingerprint density at radius 2 is 2.20 bits per heavy atom. The number of nitrogens with two attached hydrogens (primary N) is 1. The van der Waals surface area contributed by atoms with Crippen molar-refractivity contribution in [1.29, 1.82) is 5.26 Å². The molecule has 5 rings (SSSR count). The zero-order chi connectivity index (χ0) is 20.7. The number of hydrogen-bond acceptors (Lipinski definition) is 7. The van der Waals surface area contributed by atoms with Crippen molar-refractivity contribution in [3.05, 3.63) is 36.9 Å². The van der Waals surface area contributed by atoms with Gasteiger partial charge in [-0.2, -0.15) is 20.6 Å². The van der Waals surface area contributed by atoms with Crippen molar-refractivity contribution in [3.63, 3.8) is 0 Å². The first-order valence-electron chi connectivity index (χ1n) is 9.69. The molecule has 30 heavy (non-hydrogen) atoms. The minimum absolute atomic E-state index is 0.291. The van der Waals surface area contributed by atoms with Crippen molar-refractivity contribution in [2.75, 3.05) is 19.5 Å². The van der Waals surface area contributed by atoms with Crippen LogP contribution >= 0.6 is 0 Å². The molecular formula is C20H21N9O. The fraction of sp³-hybridized carbons (Fsp3) is 0.350. The molecule has 0 aromatic carbocycles. The molecule has 4 heterocycles. The Kier molecular flexibility index (Phi) is 4.25. The lowest BCUT2D eigenvalue weighted by Gasteiger charge is -2.46. The molecule has 0 saturated heterocycles. The number of anilines is 1. The Morgan fingerprint density at radius 1 is 1.33 bits per heavy atom. The Hall–Kier alpha value is -3.71. The van der Waals surface area contributed by atoms with E-state index in [-0.39, 0.29) is 5.54 Å². The number of ether oxygens (including phenoxy) is 1. The fourth-order valence-corrected chi connectivity index (χ4v) is 4.36. The number of methoxy groups -OCH3 is 1. The molecule has 0 unspecified atom stereocenters. The average Bonchev–Trinajstić information content (AvgIpc) is 3.45. The van der Waals surface area contributed by atoms with E-state index in [1.807, 2.05) is 23.1 Å². The molecule has 3 N–H and O–H groups in total. The maximum Gasteiger partial charge on any atom is 0.119 e. The monoisotopic (exact) mass is 403 g/mol. The van der Waals surface area contributed by atoms with Crippen LogP contribution < -0.4 is 5.73 Å². The zero-order valence-electron chi connectivity index (χ0n) is 16.5. The maximum absolute atomic E-state index is 9.38. The first-order chi connectivity index (χ1) is 14.6. The van der Waals surface area contributed by atoms with Gasteiger partial charge in [-0.3, -0.25) is 9.78 Å². The van der Waals surface area contributed by atoms with Crippen LogP contribution in [0.25, 0.3) is 28.2 Å². The van der Waals surface area contributed by atoms with Crippen LogP contribution in [0.4, 0.5) is 5.82 Å². The average molecular weight is 403 g/mol. The molecule has 0 radical (unpaired) electrons. The highest BCUT2D eigenvalue weighted by atomic mass is 16.5. The molecule has 10 heteroatoms.